The Morgan fingerprint density at radius 3 is 1.61 bits per heavy atom. The van der Waals surface area contributed by atoms with Crippen LogP contribution in [-0.4, -0.2) is 33.9 Å². The first-order valence-corrected chi connectivity index (χ1v) is 7.44. The predicted molar refractivity (Wildman–Crippen MR) is 93.4 cm³/mol. The van der Waals surface area contributed by atoms with E-state index in [1.165, 1.54) is 0 Å². The molecule has 1 heterocycles. The van der Waals surface area contributed by atoms with Crippen molar-refractivity contribution < 1.29 is 0 Å². The van der Waals surface area contributed by atoms with Crippen LogP contribution in [0.3, 0.4) is 0 Å². The van der Waals surface area contributed by atoms with Gasteiger partial charge in [0.2, 0.25) is 0 Å². The van der Waals surface area contributed by atoms with E-state index in [9.17, 15) is 0 Å². The topological polar surface area (TPSA) is 41.9 Å². The second-order valence-corrected chi connectivity index (χ2v) is 5.35. The molecule has 0 aliphatic carbocycles. The third kappa shape index (κ3) is 3.80. The van der Waals surface area contributed by atoms with E-state index in [-0.39, 0.29) is 0 Å². The molecule has 3 rings (SSSR count). The maximum atomic E-state index is 4.63. The first-order valence-electron chi connectivity index (χ1n) is 7.44. The molecule has 4 heteroatoms. The minimum absolute atomic E-state index is 0.645. The van der Waals surface area contributed by atoms with Crippen LogP contribution in [0.1, 0.15) is 5.82 Å². The van der Waals surface area contributed by atoms with Gasteiger partial charge in [0.05, 0.1) is 0 Å². The van der Waals surface area contributed by atoms with E-state index in [0.717, 1.165) is 11.1 Å². The Labute approximate surface area is 136 Å². The Hall–Kier alpha value is -3.01. The van der Waals surface area contributed by atoms with Crippen LogP contribution in [0.25, 0.3) is 28.9 Å². The zero-order valence-electron chi connectivity index (χ0n) is 13.2. The second kappa shape index (κ2) is 6.83. The summed E-state index contributed by atoms with van der Waals surface area (Å²) < 4.78 is 0. The molecule has 0 N–H and O–H groups in total. The molecule has 0 saturated heterocycles. The molecular weight excluding hydrogens is 284 g/mol. The highest BCUT2D eigenvalue weighted by Crippen LogP contribution is 2.20. The van der Waals surface area contributed by atoms with E-state index in [0.29, 0.717) is 17.5 Å². The highest BCUT2D eigenvalue weighted by atomic mass is 15.1. The SMILES string of the molecule is CN(C)/C=C/c1nc(-c2ccccc2)nc(-c2ccccc2)n1. The first-order chi connectivity index (χ1) is 11.2. The van der Waals surface area contributed by atoms with Gasteiger partial charge in [-0.1, -0.05) is 60.7 Å². The van der Waals surface area contributed by atoms with Crippen LogP contribution in [-0.2, 0) is 0 Å². The minimum Gasteiger partial charge on any atom is -0.383 e. The molecule has 0 saturated carbocycles. The van der Waals surface area contributed by atoms with E-state index >= 15 is 0 Å². The molecule has 0 bridgehead atoms. The predicted octanol–water partition coefficient (Wildman–Crippen LogP) is 3.74. The van der Waals surface area contributed by atoms with Gasteiger partial charge in [0.1, 0.15) is 0 Å². The van der Waals surface area contributed by atoms with Gasteiger partial charge in [0.25, 0.3) is 0 Å². The lowest BCUT2D eigenvalue weighted by atomic mass is 10.2. The molecule has 0 aliphatic rings. The number of rotatable bonds is 4. The Kier molecular flexibility index (Phi) is 4.43. The molecule has 0 radical (unpaired) electrons. The summed E-state index contributed by atoms with van der Waals surface area (Å²) in [7, 11) is 3.93. The van der Waals surface area contributed by atoms with E-state index in [1.54, 1.807) is 0 Å². The standard InChI is InChI=1S/C19H18N4/c1-23(2)14-13-17-20-18(15-9-5-3-6-10-15)22-19(21-17)16-11-7-4-8-12-16/h3-14H,1-2H3/b14-13+. The highest BCUT2D eigenvalue weighted by Gasteiger charge is 2.08. The van der Waals surface area contributed by atoms with Gasteiger partial charge in [-0.15, -0.1) is 0 Å². The fraction of sp³-hybridized carbons (Fsp3) is 0.105. The third-order valence-corrected chi connectivity index (χ3v) is 3.24. The van der Waals surface area contributed by atoms with Crippen molar-refractivity contribution in [1.82, 2.24) is 19.9 Å². The van der Waals surface area contributed by atoms with E-state index in [2.05, 4.69) is 15.0 Å². The molecule has 3 aromatic rings. The molecule has 0 spiro atoms. The maximum absolute atomic E-state index is 4.63. The van der Waals surface area contributed by atoms with Crippen molar-refractivity contribution in [1.29, 1.82) is 0 Å². The van der Waals surface area contributed by atoms with Gasteiger partial charge in [-0.2, -0.15) is 0 Å². The maximum Gasteiger partial charge on any atom is 0.164 e. The Morgan fingerprint density at radius 1 is 0.696 bits per heavy atom. The summed E-state index contributed by atoms with van der Waals surface area (Å²) in [6, 6.07) is 19.9. The first kappa shape index (κ1) is 14.9. The van der Waals surface area contributed by atoms with Gasteiger partial charge < -0.3 is 4.90 Å². The van der Waals surface area contributed by atoms with Crippen molar-refractivity contribution in [3.8, 4) is 22.8 Å². The summed E-state index contributed by atoms with van der Waals surface area (Å²) in [6.07, 6.45) is 3.82. The number of nitrogens with zero attached hydrogens (tertiary/aromatic N) is 4. The zero-order chi connectivity index (χ0) is 16.1. The fourth-order valence-corrected chi connectivity index (χ4v) is 2.12. The normalized spacial score (nSPS) is 10.9. The van der Waals surface area contributed by atoms with Crippen LogP contribution in [0.4, 0.5) is 0 Å². The van der Waals surface area contributed by atoms with E-state index in [1.807, 2.05) is 91.9 Å². The fourth-order valence-electron chi connectivity index (χ4n) is 2.12. The van der Waals surface area contributed by atoms with Crippen LogP contribution >= 0.6 is 0 Å². The summed E-state index contributed by atoms with van der Waals surface area (Å²) in [5, 5.41) is 0. The van der Waals surface area contributed by atoms with Crippen molar-refractivity contribution >= 4 is 6.08 Å². The molecule has 0 aliphatic heterocycles. The van der Waals surface area contributed by atoms with Crippen LogP contribution in [0, 0.1) is 0 Å². The van der Waals surface area contributed by atoms with Gasteiger partial charge in [0, 0.05) is 31.4 Å². The lowest BCUT2D eigenvalue weighted by Crippen LogP contribution is -2.03. The smallest absolute Gasteiger partial charge is 0.164 e. The molecule has 1 aromatic heterocycles. The Bertz CT molecular complexity index is 738. The summed E-state index contributed by atoms with van der Waals surface area (Å²) in [6.45, 7) is 0. The van der Waals surface area contributed by atoms with Gasteiger partial charge in [-0.05, 0) is 6.08 Å². The largest absolute Gasteiger partial charge is 0.383 e. The highest BCUT2D eigenvalue weighted by molar-refractivity contribution is 5.62. The summed E-state index contributed by atoms with van der Waals surface area (Å²) in [5.74, 6) is 2.00. The van der Waals surface area contributed by atoms with Gasteiger partial charge >= 0.3 is 0 Å². The van der Waals surface area contributed by atoms with Crippen LogP contribution in [0.15, 0.2) is 66.9 Å². The zero-order valence-corrected chi connectivity index (χ0v) is 13.2. The Balaban J connectivity index is 2.11. The molecule has 2 aromatic carbocycles. The van der Waals surface area contributed by atoms with Gasteiger partial charge in [0.15, 0.2) is 17.5 Å². The van der Waals surface area contributed by atoms with Gasteiger partial charge in [-0.3, -0.25) is 0 Å². The molecule has 23 heavy (non-hydrogen) atoms. The molecule has 114 valence electrons. The molecule has 0 unspecified atom stereocenters. The molecule has 0 atom stereocenters. The third-order valence-electron chi connectivity index (χ3n) is 3.24. The molecular formula is C19H18N4. The van der Waals surface area contributed by atoms with E-state index in [4.69, 9.17) is 0 Å². The number of benzene rings is 2. The van der Waals surface area contributed by atoms with Crippen molar-refractivity contribution in [2.24, 2.45) is 0 Å². The molecule has 4 nitrogen and oxygen atoms in total. The van der Waals surface area contributed by atoms with Crippen molar-refractivity contribution in [3.05, 3.63) is 72.7 Å². The minimum atomic E-state index is 0.645. The number of hydrogen-bond donors (Lipinski definition) is 0. The Morgan fingerprint density at radius 2 is 1.17 bits per heavy atom. The summed E-state index contributed by atoms with van der Waals surface area (Å²) >= 11 is 0. The van der Waals surface area contributed by atoms with Crippen molar-refractivity contribution in [2.75, 3.05) is 14.1 Å². The number of aromatic nitrogens is 3. The van der Waals surface area contributed by atoms with Crippen molar-refractivity contribution in [3.63, 3.8) is 0 Å². The summed E-state index contributed by atoms with van der Waals surface area (Å²) in [4.78, 5) is 15.7. The van der Waals surface area contributed by atoms with E-state index < -0.39 is 0 Å². The van der Waals surface area contributed by atoms with Crippen LogP contribution in [0.5, 0.6) is 0 Å². The quantitative estimate of drug-likeness (QED) is 0.736. The second-order valence-electron chi connectivity index (χ2n) is 5.35. The monoisotopic (exact) mass is 302 g/mol. The molecule has 0 amide bonds. The number of hydrogen-bond acceptors (Lipinski definition) is 4. The summed E-state index contributed by atoms with van der Waals surface area (Å²) in [5.41, 5.74) is 1.96. The lowest BCUT2D eigenvalue weighted by Gasteiger charge is -2.07. The molecule has 0 fully saturated rings. The lowest BCUT2D eigenvalue weighted by molar-refractivity contribution is 0.567. The average molecular weight is 302 g/mol. The van der Waals surface area contributed by atoms with Crippen LogP contribution in [0.2, 0.25) is 0 Å². The van der Waals surface area contributed by atoms with Crippen LogP contribution < -0.4 is 0 Å². The van der Waals surface area contributed by atoms with Crippen molar-refractivity contribution in [2.45, 2.75) is 0 Å². The van der Waals surface area contributed by atoms with Gasteiger partial charge in [-0.25, -0.2) is 15.0 Å². The average Bonchev–Trinajstić information content (AvgIpc) is 2.61.